The summed E-state index contributed by atoms with van der Waals surface area (Å²) in [7, 11) is 1.83. The number of hydrogen-bond donors (Lipinski definition) is 1. The van der Waals surface area contributed by atoms with Gasteiger partial charge in [0.1, 0.15) is 0 Å². The summed E-state index contributed by atoms with van der Waals surface area (Å²) in [6.45, 7) is 1.30. The fraction of sp³-hybridized carbons (Fsp3) is 0.273. The molecule has 94 valence electrons. The molecule has 1 heterocycles. The van der Waals surface area contributed by atoms with Crippen LogP contribution in [0.15, 0.2) is 30.5 Å². The van der Waals surface area contributed by atoms with Crippen LogP contribution in [0.2, 0.25) is 0 Å². The Morgan fingerprint density at radius 2 is 2.06 bits per heavy atom. The third kappa shape index (κ3) is 2.89. The lowest BCUT2D eigenvalue weighted by atomic mass is 10.2. The van der Waals surface area contributed by atoms with Crippen molar-refractivity contribution in [3.05, 3.63) is 51.8 Å². The molecule has 0 saturated heterocycles. The Bertz CT molecular complexity index is 535. The van der Waals surface area contributed by atoms with E-state index in [1.165, 1.54) is 12.1 Å². The minimum atomic E-state index is -0.404. The van der Waals surface area contributed by atoms with E-state index < -0.39 is 4.92 Å². The van der Waals surface area contributed by atoms with Crippen LogP contribution < -0.4 is 5.32 Å². The monoisotopic (exact) mass is 247 g/mol. The molecule has 1 N–H and O–H groups in total. The normalized spacial score (nSPS) is 10.5. The molecule has 7 heteroatoms. The summed E-state index contributed by atoms with van der Waals surface area (Å²) >= 11 is 0. The zero-order valence-electron chi connectivity index (χ0n) is 9.91. The van der Waals surface area contributed by atoms with Crippen LogP contribution in [0.3, 0.4) is 0 Å². The van der Waals surface area contributed by atoms with Crippen LogP contribution in [-0.4, -0.2) is 19.9 Å². The third-order valence-electron chi connectivity index (χ3n) is 2.59. The van der Waals surface area contributed by atoms with Crippen LogP contribution >= 0.6 is 0 Å². The Morgan fingerprint density at radius 3 is 2.61 bits per heavy atom. The van der Waals surface area contributed by atoms with E-state index in [1.807, 2.05) is 7.05 Å². The first-order chi connectivity index (χ1) is 8.66. The molecule has 2 rings (SSSR count). The summed E-state index contributed by atoms with van der Waals surface area (Å²) in [5.41, 5.74) is 2.09. The van der Waals surface area contributed by atoms with Crippen molar-refractivity contribution in [2.45, 2.75) is 13.1 Å². The van der Waals surface area contributed by atoms with Crippen molar-refractivity contribution in [3.63, 3.8) is 0 Å². The quantitative estimate of drug-likeness (QED) is 0.629. The van der Waals surface area contributed by atoms with E-state index in [0.717, 1.165) is 11.3 Å². The Labute approximate surface area is 104 Å². The number of rotatable bonds is 5. The second-order valence-corrected chi connectivity index (χ2v) is 3.88. The molecule has 0 fully saturated rings. The number of nitrogens with zero attached hydrogens (tertiary/aromatic N) is 4. The summed E-state index contributed by atoms with van der Waals surface area (Å²) < 4.78 is 1.70. The number of hydrogen-bond acceptors (Lipinski definition) is 5. The van der Waals surface area contributed by atoms with Crippen molar-refractivity contribution in [2.75, 3.05) is 0 Å². The molecule has 0 aliphatic rings. The average Bonchev–Trinajstić information content (AvgIpc) is 2.76. The van der Waals surface area contributed by atoms with Gasteiger partial charge < -0.3 is 5.32 Å². The second-order valence-electron chi connectivity index (χ2n) is 3.88. The zero-order valence-corrected chi connectivity index (χ0v) is 9.91. The minimum absolute atomic E-state index is 0.106. The Kier molecular flexibility index (Phi) is 3.63. The summed E-state index contributed by atoms with van der Waals surface area (Å²) in [4.78, 5) is 10.1. The molecule has 2 aromatic rings. The third-order valence-corrected chi connectivity index (χ3v) is 2.59. The average molecular weight is 247 g/mol. The highest BCUT2D eigenvalue weighted by Crippen LogP contribution is 2.11. The van der Waals surface area contributed by atoms with Crippen LogP contribution in [0, 0.1) is 10.1 Å². The van der Waals surface area contributed by atoms with Crippen LogP contribution in [0.4, 0.5) is 5.69 Å². The molecule has 1 aromatic carbocycles. The van der Waals surface area contributed by atoms with Gasteiger partial charge in [0.05, 0.1) is 16.8 Å². The van der Waals surface area contributed by atoms with Gasteiger partial charge in [-0.25, -0.2) is 0 Å². The minimum Gasteiger partial charge on any atom is -0.307 e. The van der Waals surface area contributed by atoms with Gasteiger partial charge in [0.15, 0.2) is 0 Å². The topological polar surface area (TPSA) is 85.9 Å². The standard InChI is InChI=1S/C11H13N5O2/c1-15-11(8-13-14-15)7-12-6-9-2-4-10(5-3-9)16(17)18/h2-5,8,12H,6-7H2,1H3. The Balaban J connectivity index is 1.87. The number of nitro benzene ring substituents is 1. The first-order valence-corrected chi connectivity index (χ1v) is 5.44. The molecule has 0 radical (unpaired) electrons. The van der Waals surface area contributed by atoms with Gasteiger partial charge in [-0.2, -0.15) is 0 Å². The van der Waals surface area contributed by atoms with Crippen molar-refractivity contribution in [2.24, 2.45) is 7.05 Å². The second kappa shape index (κ2) is 5.37. The summed E-state index contributed by atoms with van der Waals surface area (Å²) in [5, 5.41) is 21.3. The zero-order chi connectivity index (χ0) is 13.0. The van der Waals surface area contributed by atoms with Crippen molar-refractivity contribution in [3.8, 4) is 0 Å². The van der Waals surface area contributed by atoms with Crippen molar-refractivity contribution in [1.29, 1.82) is 0 Å². The number of aryl methyl sites for hydroxylation is 1. The molecule has 0 amide bonds. The highest BCUT2D eigenvalue weighted by Gasteiger charge is 2.04. The number of non-ortho nitro benzene ring substituents is 1. The van der Waals surface area contributed by atoms with Crippen LogP contribution in [0.25, 0.3) is 0 Å². The number of nitro groups is 1. The van der Waals surface area contributed by atoms with Gasteiger partial charge in [0.25, 0.3) is 5.69 Å². The highest BCUT2D eigenvalue weighted by molar-refractivity contribution is 5.32. The van der Waals surface area contributed by atoms with E-state index in [-0.39, 0.29) is 5.69 Å². The Morgan fingerprint density at radius 1 is 1.33 bits per heavy atom. The summed E-state index contributed by atoms with van der Waals surface area (Å²) in [6, 6.07) is 6.49. The van der Waals surface area contributed by atoms with Gasteiger partial charge >= 0.3 is 0 Å². The van der Waals surface area contributed by atoms with E-state index in [9.17, 15) is 10.1 Å². The van der Waals surface area contributed by atoms with Crippen molar-refractivity contribution >= 4 is 5.69 Å². The van der Waals surface area contributed by atoms with Crippen LogP contribution in [-0.2, 0) is 20.1 Å². The smallest absolute Gasteiger partial charge is 0.269 e. The van der Waals surface area contributed by atoms with Crippen LogP contribution in [0.5, 0.6) is 0 Å². The number of nitrogens with one attached hydrogen (secondary N) is 1. The van der Waals surface area contributed by atoms with Gasteiger partial charge in [-0.15, -0.1) is 5.10 Å². The molecule has 0 aliphatic heterocycles. The van der Waals surface area contributed by atoms with Gasteiger partial charge in [-0.05, 0) is 5.56 Å². The van der Waals surface area contributed by atoms with Crippen LogP contribution in [0.1, 0.15) is 11.3 Å². The molecule has 0 atom stereocenters. The number of benzene rings is 1. The maximum Gasteiger partial charge on any atom is 0.269 e. The lowest BCUT2D eigenvalue weighted by Crippen LogP contribution is -2.15. The van der Waals surface area contributed by atoms with Crippen molar-refractivity contribution < 1.29 is 4.92 Å². The van der Waals surface area contributed by atoms with E-state index in [4.69, 9.17) is 0 Å². The first-order valence-electron chi connectivity index (χ1n) is 5.44. The fourth-order valence-corrected chi connectivity index (χ4v) is 1.54. The molecule has 0 spiro atoms. The van der Waals surface area contributed by atoms with Gasteiger partial charge in [0, 0.05) is 32.3 Å². The summed E-state index contributed by atoms with van der Waals surface area (Å²) in [6.07, 6.45) is 1.70. The lowest BCUT2D eigenvalue weighted by Gasteiger charge is -2.04. The molecular weight excluding hydrogens is 234 g/mol. The molecule has 0 unspecified atom stereocenters. The van der Waals surface area contributed by atoms with Gasteiger partial charge in [-0.3, -0.25) is 14.8 Å². The molecule has 7 nitrogen and oxygen atoms in total. The predicted molar refractivity (Wildman–Crippen MR) is 64.6 cm³/mol. The highest BCUT2D eigenvalue weighted by atomic mass is 16.6. The maximum absolute atomic E-state index is 10.5. The lowest BCUT2D eigenvalue weighted by molar-refractivity contribution is -0.384. The van der Waals surface area contributed by atoms with E-state index >= 15 is 0 Å². The Hall–Kier alpha value is -2.28. The van der Waals surface area contributed by atoms with Crippen molar-refractivity contribution in [1.82, 2.24) is 20.3 Å². The SMILES string of the molecule is Cn1nncc1CNCc1ccc([N+](=O)[O-])cc1. The van der Waals surface area contributed by atoms with Gasteiger partial charge in [0.2, 0.25) is 0 Å². The molecule has 0 saturated carbocycles. The molecule has 0 bridgehead atoms. The van der Waals surface area contributed by atoms with E-state index in [0.29, 0.717) is 13.1 Å². The summed E-state index contributed by atoms with van der Waals surface area (Å²) in [5.74, 6) is 0. The maximum atomic E-state index is 10.5. The predicted octanol–water partition coefficient (Wildman–Crippen LogP) is 1.01. The fourth-order valence-electron chi connectivity index (χ4n) is 1.54. The molecular formula is C11H13N5O2. The van der Waals surface area contributed by atoms with E-state index in [1.54, 1.807) is 23.0 Å². The largest absolute Gasteiger partial charge is 0.307 e. The molecule has 18 heavy (non-hydrogen) atoms. The van der Waals surface area contributed by atoms with E-state index in [2.05, 4.69) is 15.6 Å². The van der Waals surface area contributed by atoms with Gasteiger partial charge in [-0.1, -0.05) is 17.3 Å². The molecule has 0 aliphatic carbocycles. The number of aromatic nitrogens is 3. The first kappa shape index (κ1) is 12.2. The molecule has 1 aromatic heterocycles.